The van der Waals surface area contributed by atoms with Gasteiger partial charge in [0, 0.05) is 9.79 Å². The van der Waals surface area contributed by atoms with E-state index in [1.54, 1.807) is 0 Å². The highest BCUT2D eigenvalue weighted by molar-refractivity contribution is 7.81. The molecule has 0 saturated carbocycles. The molecule has 0 amide bonds. The largest absolute Gasteiger partial charge is 0.143 e. The molecule has 0 spiro atoms. The van der Waals surface area contributed by atoms with Crippen molar-refractivity contribution in [2.45, 2.75) is 37.5 Å². The summed E-state index contributed by atoms with van der Waals surface area (Å²) < 4.78 is 0. The number of thiol groups is 2. The zero-order chi connectivity index (χ0) is 9.46. The van der Waals surface area contributed by atoms with Gasteiger partial charge in [-0.1, -0.05) is 0 Å². The lowest BCUT2D eigenvalue weighted by atomic mass is 10.0. The van der Waals surface area contributed by atoms with Crippen LogP contribution in [0.2, 0.25) is 0 Å². The molecule has 1 aromatic carbocycles. The van der Waals surface area contributed by atoms with Crippen molar-refractivity contribution in [2.24, 2.45) is 0 Å². The van der Waals surface area contributed by atoms with E-state index in [1.165, 1.54) is 22.3 Å². The Balaban J connectivity index is 3.60. The van der Waals surface area contributed by atoms with Crippen molar-refractivity contribution >= 4 is 25.3 Å². The molecule has 0 aromatic heterocycles. The van der Waals surface area contributed by atoms with Crippen LogP contribution in [-0.2, 0) is 0 Å². The zero-order valence-corrected chi connectivity index (χ0v) is 9.68. The zero-order valence-electron chi connectivity index (χ0n) is 7.89. The van der Waals surface area contributed by atoms with Gasteiger partial charge >= 0.3 is 0 Å². The lowest BCUT2D eigenvalue weighted by Crippen LogP contribution is -1.94. The summed E-state index contributed by atoms with van der Waals surface area (Å²) in [6.45, 7) is 8.38. The third-order valence-corrected chi connectivity index (χ3v) is 3.89. The maximum atomic E-state index is 4.45. The molecule has 0 fully saturated rings. The fourth-order valence-electron chi connectivity index (χ4n) is 1.31. The summed E-state index contributed by atoms with van der Waals surface area (Å²) in [5, 5.41) is 0. The standard InChI is InChI=1S/C10H14S2/c1-5-6(2)9(11)8(4)10(12)7(5)3/h11-12H,1-4H3. The van der Waals surface area contributed by atoms with Gasteiger partial charge in [-0.25, -0.2) is 0 Å². The Morgan fingerprint density at radius 1 is 0.583 bits per heavy atom. The smallest absolute Gasteiger partial charge is 0.0112 e. The van der Waals surface area contributed by atoms with E-state index in [1.807, 2.05) is 0 Å². The summed E-state index contributed by atoms with van der Waals surface area (Å²) in [4.78, 5) is 2.14. The van der Waals surface area contributed by atoms with E-state index in [-0.39, 0.29) is 0 Å². The lowest BCUT2D eigenvalue weighted by Gasteiger charge is -2.14. The minimum Gasteiger partial charge on any atom is -0.143 e. The summed E-state index contributed by atoms with van der Waals surface area (Å²) in [5.41, 5.74) is 5.02. The molecule has 0 aliphatic heterocycles. The van der Waals surface area contributed by atoms with Crippen LogP contribution in [0.3, 0.4) is 0 Å². The van der Waals surface area contributed by atoms with E-state index in [2.05, 4.69) is 53.0 Å². The van der Waals surface area contributed by atoms with Crippen molar-refractivity contribution in [2.75, 3.05) is 0 Å². The van der Waals surface area contributed by atoms with Crippen LogP contribution < -0.4 is 0 Å². The Kier molecular flexibility index (Phi) is 2.79. The van der Waals surface area contributed by atoms with Gasteiger partial charge in [0.05, 0.1) is 0 Å². The Bertz CT molecular complexity index is 222. The van der Waals surface area contributed by atoms with Crippen LogP contribution in [0.5, 0.6) is 0 Å². The van der Waals surface area contributed by atoms with Crippen LogP contribution in [-0.4, -0.2) is 0 Å². The first kappa shape index (κ1) is 10.0. The van der Waals surface area contributed by atoms with Crippen LogP contribution >= 0.6 is 25.3 Å². The number of hydrogen-bond donors (Lipinski definition) is 2. The first-order chi connectivity index (χ1) is 5.46. The summed E-state index contributed by atoms with van der Waals surface area (Å²) >= 11 is 8.90. The third kappa shape index (κ3) is 1.38. The molecular weight excluding hydrogens is 184 g/mol. The Hall–Kier alpha value is -0.0800. The van der Waals surface area contributed by atoms with E-state index in [0.29, 0.717) is 0 Å². The van der Waals surface area contributed by atoms with E-state index in [0.717, 1.165) is 9.79 Å². The predicted molar refractivity (Wildman–Crippen MR) is 59.9 cm³/mol. The predicted octanol–water partition coefficient (Wildman–Crippen LogP) is 3.50. The van der Waals surface area contributed by atoms with Gasteiger partial charge in [0.2, 0.25) is 0 Å². The van der Waals surface area contributed by atoms with Crippen LogP contribution in [0, 0.1) is 27.7 Å². The highest BCUT2D eigenvalue weighted by Gasteiger charge is 2.09. The molecule has 0 aliphatic carbocycles. The van der Waals surface area contributed by atoms with Crippen LogP contribution in [0.1, 0.15) is 22.3 Å². The quantitative estimate of drug-likeness (QED) is 0.586. The van der Waals surface area contributed by atoms with Crippen molar-refractivity contribution in [1.29, 1.82) is 0 Å². The summed E-state index contributed by atoms with van der Waals surface area (Å²) in [6.07, 6.45) is 0. The first-order valence-electron chi connectivity index (χ1n) is 3.95. The van der Waals surface area contributed by atoms with Crippen molar-refractivity contribution in [3.05, 3.63) is 22.3 Å². The average molecular weight is 198 g/mol. The second kappa shape index (κ2) is 3.35. The molecule has 0 atom stereocenters. The summed E-state index contributed by atoms with van der Waals surface area (Å²) in [7, 11) is 0. The highest BCUT2D eigenvalue weighted by atomic mass is 32.1. The molecule has 0 N–H and O–H groups in total. The minimum atomic E-state index is 1.07. The van der Waals surface area contributed by atoms with Gasteiger partial charge in [-0.15, -0.1) is 25.3 Å². The first-order valence-corrected chi connectivity index (χ1v) is 4.84. The van der Waals surface area contributed by atoms with Gasteiger partial charge in [0.15, 0.2) is 0 Å². The summed E-state index contributed by atoms with van der Waals surface area (Å²) in [6, 6.07) is 0. The van der Waals surface area contributed by atoms with Crippen molar-refractivity contribution in [3.63, 3.8) is 0 Å². The van der Waals surface area contributed by atoms with E-state index in [9.17, 15) is 0 Å². The van der Waals surface area contributed by atoms with Gasteiger partial charge in [-0.3, -0.25) is 0 Å². The monoisotopic (exact) mass is 198 g/mol. The van der Waals surface area contributed by atoms with E-state index in [4.69, 9.17) is 0 Å². The molecule has 1 rings (SSSR count). The highest BCUT2D eigenvalue weighted by Crippen LogP contribution is 2.30. The maximum absolute atomic E-state index is 4.45. The maximum Gasteiger partial charge on any atom is 0.0112 e. The molecule has 0 heterocycles. The average Bonchev–Trinajstić information content (AvgIpc) is 2.08. The molecule has 12 heavy (non-hydrogen) atoms. The number of benzene rings is 1. The van der Waals surface area contributed by atoms with E-state index >= 15 is 0 Å². The van der Waals surface area contributed by atoms with Crippen molar-refractivity contribution in [3.8, 4) is 0 Å². The third-order valence-electron chi connectivity index (χ3n) is 2.55. The van der Waals surface area contributed by atoms with Crippen molar-refractivity contribution < 1.29 is 0 Å². The molecule has 66 valence electrons. The van der Waals surface area contributed by atoms with Gasteiger partial charge in [-0.05, 0) is 49.9 Å². The Morgan fingerprint density at radius 3 is 1.25 bits per heavy atom. The second-order valence-electron chi connectivity index (χ2n) is 3.20. The number of rotatable bonds is 0. The number of hydrogen-bond acceptors (Lipinski definition) is 2. The molecule has 2 heteroatoms. The fourth-order valence-corrected chi connectivity index (χ4v) is 1.96. The lowest BCUT2D eigenvalue weighted by molar-refractivity contribution is 1.06. The molecule has 0 bridgehead atoms. The second-order valence-corrected chi connectivity index (χ2v) is 4.09. The SMILES string of the molecule is Cc1c(C)c(S)c(C)c(S)c1C. The minimum absolute atomic E-state index is 1.07. The van der Waals surface area contributed by atoms with Gasteiger partial charge in [-0.2, -0.15) is 0 Å². The topological polar surface area (TPSA) is 0 Å². The fraction of sp³-hybridized carbons (Fsp3) is 0.400. The van der Waals surface area contributed by atoms with Crippen molar-refractivity contribution in [1.82, 2.24) is 0 Å². The van der Waals surface area contributed by atoms with Gasteiger partial charge in [0.25, 0.3) is 0 Å². The molecule has 0 nitrogen and oxygen atoms in total. The molecule has 0 radical (unpaired) electrons. The molecule has 0 saturated heterocycles. The molecular formula is C10H14S2. The van der Waals surface area contributed by atoms with Crippen LogP contribution in [0.25, 0.3) is 0 Å². The van der Waals surface area contributed by atoms with Crippen LogP contribution in [0.15, 0.2) is 9.79 Å². The van der Waals surface area contributed by atoms with Crippen LogP contribution in [0.4, 0.5) is 0 Å². The Labute approximate surface area is 85.2 Å². The Morgan fingerprint density at radius 2 is 0.917 bits per heavy atom. The summed E-state index contributed by atoms with van der Waals surface area (Å²) in [5.74, 6) is 0. The van der Waals surface area contributed by atoms with Gasteiger partial charge in [0.1, 0.15) is 0 Å². The molecule has 0 unspecified atom stereocenters. The van der Waals surface area contributed by atoms with Gasteiger partial charge < -0.3 is 0 Å². The molecule has 0 aliphatic rings. The van der Waals surface area contributed by atoms with E-state index < -0.39 is 0 Å². The normalized spacial score (nSPS) is 10.5. The molecule has 1 aromatic rings.